The summed E-state index contributed by atoms with van der Waals surface area (Å²) in [6, 6.07) is 8.58. The van der Waals surface area contributed by atoms with Gasteiger partial charge in [-0.05, 0) is 13.0 Å². The first-order valence-corrected chi connectivity index (χ1v) is 10.2. The number of anilines is 1. The number of piperazine rings is 1. The maximum atomic E-state index is 13.6. The Morgan fingerprint density at radius 2 is 1.86 bits per heavy atom. The number of rotatable bonds is 8. The normalized spacial score (nSPS) is 16.4. The van der Waals surface area contributed by atoms with E-state index in [0.29, 0.717) is 18.0 Å². The number of aliphatic hydroxyl groups is 1. The Morgan fingerprint density at radius 1 is 1.14 bits per heavy atom. The van der Waals surface area contributed by atoms with Gasteiger partial charge in [0.15, 0.2) is 0 Å². The van der Waals surface area contributed by atoms with E-state index in [1.54, 1.807) is 18.2 Å². The monoisotopic (exact) mass is 402 g/mol. The summed E-state index contributed by atoms with van der Waals surface area (Å²) in [4.78, 5) is 13.7. The predicted octanol–water partition coefficient (Wildman–Crippen LogP) is 2.75. The highest BCUT2D eigenvalue weighted by Gasteiger charge is 2.21. The van der Waals surface area contributed by atoms with Crippen molar-refractivity contribution < 1.29 is 14.2 Å². The summed E-state index contributed by atoms with van der Waals surface area (Å²) in [5.41, 5.74) is 1.50. The number of aliphatic hydroxyl groups excluding tert-OH is 1. The molecule has 0 saturated carbocycles. The second kappa shape index (κ2) is 10.1. The molecular weight excluding hydrogens is 371 g/mol. The number of hydrogen-bond donors (Lipinski definition) is 1. The largest absolute Gasteiger partial charge is 0.389 e. The first-order valence-electron chi connectivity index (χ1n) is 10.2. The zero-order valence-electron chi connectivity index (χ0n) is 17.5. The van der Waals surface area contributed by atoms with E-state index in [0.717, 1.165) is 43.5 Å². The van der Waals surface area contributed by atoms with Gasteiger partial charge in [-0.1, -0.05) is 32.0 Å². The van der Waals surface area contributed by atoms with Crippen LogP contribution in [0.15, 0.2) is 30.3 Å². The van der Waals surface area contributed by atoms with Crippen molar-refractivity contribution in [2.24, 2.45) is 0 Å². The zero-order valence-corrected chi connectivity index (χ0v) is 17.5. The van der Waals surface area contributed by atoms with Crippen LogP contribution in [0.4, 0.5) is 10.2 Å². The SMILES string of the molecule is Cc1cc(N2CCN(CC(O)COCc3ccccc3F)CC2)nc(C(C)C)n1. The predicted molar refractivity (Wildman–Crippen MR) is 112 cm³/mol. The molecule has 1 atom stereocenters. The van der Waals surface area contributed by atoms with Crippen LogP contribution in [-0.2, 0) is 11.3 Å². The Balaban J connectivity index is 1.43. The summed E-state index contributed by atoms with van der Waals surface area (Å²) in [6.07, 6.45) is -0.595. The van der Waals surface area contributed by atoms with Crippen LogP contribution in [0.3, 0.4) is 0 Å². The average Bonchev–Trinajstić information content (AvgIpc) is 2.69. The lowest BCUT2D eigenvalue weighted by Crippen LogP contribution is -2.49. The van der Waals surface area contributed by atoms with Crippen LogP contribution in [0, 0.1) is 12.7 Å². The number of nitrogens with zero attached hydrogens (tertiary/aromatic N) is 4. The molecule has 0 aliphatic carbocycles. The molecule has 2 heterocycles. The van der Waals surface area contributed by atoms with E-state index in [1.807, 2.05) is 13.0 Å². The molecule has 1 unspecified atom stereocenters. The lowest BCUT2D eigenvalue weighted by molar-refractivity contribution is 0.00837. The van der Waals surface area contributed by atoms with Crippen LogP contribution in [0.25, 0.3) is 0 Å². The molecule has 0 spiro atoms. The van der Waals surface area contributed by atoms with Crippen LogP contribution < -0.4 is 4.90 Å². The van der Waals surface area contributed by atoms with Crippen LogP contribution in [0.5, 0.6) is 0 Å². The second-order valence-electron chi connectivity index (χ2n) is 7.93. The van der Waals surface area contributed by atoms with Crippen molar-refractivity contribution in [3.63, 3.8) is 0 Å². The van der Waals surface area contributed by atoms with Gasteiger partial charge < -0.3 is 14.7 Å². The van der Waals surface area contributed by atoms with Gasteiger partial charge in [0.2, 0.25) is 0 Å². The van der Waals surface area contributed by atoms with Gasteiger partial charge in [-0.15, -0.1) is 0 Å². The van der Waals surface area contributed by atoms with Gasteiger partial charge in [0.1, 0.15) is 17.5 Å². The van der Waals surface area contributed by atoms with Gasteiger partial charge in [-0.25, -0.2) is 14.4 Å². The third-order valence-corrected chi connectivity index (χ3v) is 5.07. The molecule has 0 radical (unpaired) electrons. The van der Waals surface area contributed by atoms with Gasteiger partial charge >= 0.3 is 0 Å². The fourth-order valence-corrected chi connectivity index (χ4v) is 3.43. The van der Waals surface area contributed by atoms with Crippen LogP contribution in [-0.4, -0.2) is 65.4 Å². The van der Waals surface area contributed by atoms with E-state index in [-0.39, 0.29) is 19.0 Å². The van der Waals surface area contributed by atoms with Crippen LogP contribution in [0.2, 0.25) is 0 Å². The van der Waals surface area contributed by atoms with Crippen molar-refractivity contribution in [2.45, 2.75) is 39.4 Å². The van der Waals surface area contributed by atoms with Crippen molar-refractivity contribution in [1.29, 1.82) is 0 Å². The van der Waals surface area contributed by atoms with E-state index in [2.05, 4.69) is 28.6 Å². The summed E-state index contributed by atoms with van der Waals surface area (Å²) >= 11 is 0. The molecule has 1 saturated heterocycles. The summed E-state index contributed by atoms with van der Waals surface area (Å²) in [5, 5.41) is 10.3. The van der Waals surface area contributed by atoms with E-state index < -0.39 is 6.10 Å². The maximum absolute atomic E-state index is 13.6. The highest BCUT2D eigenvalue weighted by Crippen LogP contribution is 2.19. The fraction of sp³-hybridized carbons (Fsp3) is 0.545. The Labute approximate surface area is 172 Å². The topological polar surface area (TPSA) is 61.7 Å². The van der Waals surface area contributed by atoms with Crippen molar-refractivity contribution in [3.05, 3.63) is 53.2 Å². The minimum absolute atomic E-state index is 0.169. The smallest absolute Gasteiger partial charge is 0.133 e. The summed E-state index contributed by atoms with van der Waals surface area (Å²) in [7, 11) is 0. The molecule has 0 amide bonds. The van der Waals surface area contributed by atoms with Gasteiger partial charge in [0, 0.05) is 56.0 Å². The van der Waals surface area contributed by atoms with Crippen molar-refractivity contribution in [1.82, 2.24) is 14.9 Å². The number of β-amino-alcohol motifs (C(OH)–C–C–N with tert-alkyl or cyclic N) is 1. The Hall–Kier alpha value is -2.09. The Kier molecular flexibility index (Phi) is 7.52. The maximum Gasteiger partial charge on any atom is 0.133 e. The Morgan fingerprint density at radius 3 is 2.55 bits per heavy atom. The average molecular weight is 403 g/mol. The van der Waals surface area contributed by atoms with E-state index in [4.69, 9.17) is 9.72 Å². The third-order valence-electron chi connectivity index (χ3n) is 5.07. The first kappa shape index (κ1) is 21.6. The molecule has 1 aromatic heterocycles. The second-order valence-corrected chi connectivity index (χ2v) is 7.93. The number of aromatic nitrogens is 2. The molecule has 1 aliphatic rings. The highest BCUT2D eigenvalue weighted by molar-refractivity contribution is 5.40. The van der Waals surface area contributed by atoms with Gasteiger partial charge in [0.25, 0.3) is 0 Å². The molecule has 6 nitrogen and oxygen atoms in total. The molecule has 29 heavy (non-hydrogen) atoms. The van der Waals surface area contributed by atoms with Crippen molar-refractivity contribution in [2.75, 3.05) is 44.2 Å². The minimum Gasteiger partial charge on any atom is -0.389 e. The molecule has 2 aromatic rings. The molecule has 1 N–H and O–H groups in total. The number of halogens is 1. The van der Waals surface area contributed by atoms with Crippen LogP contribution in [0.1, 0.15) is 36.8 Å². The molecule has 1 aliphatic heterocycles. The van der Waals surface area contributed by atoms with E-state index in [9.17, 15) is 9.50 Å². The van der Waals surface area contributed by atoms with Gasteiger partial charge in [0.05, 0.1) is 19.3 Å². The molecule has 158 valence electrons. The summed E-state index contributed by atoms with van der Waals surface area (Å²) < 4.78 is 19.1. The minimum atomic E-state index is -0.595. The standard InChI is InChI=1S/C22H31FN4O2/c1-16(2)22-24-17(3)12-21(25-22)27-10-8-26(9-11-27)13-19(28)15-29-14-18-6-4-5-7-20(18)23/h4-7,12,16,19,28H,8-11,13-15H2,1-3H3. The lowest BCUT2D eigenvalue weighted by Gasteiger charge is -2.36. The number of aryl methyl sites for hydroxylation is 1. The number of ether oxygens (including phenoxy) is 1. The quantitative estimate of drug-likeness (QED) is 0.733. The van der Waals surface area contributed by atoms with Gasteiger partial charge in [-0.2, -0.15) is 0 Å². The first-order chi connectivity index (χ1) is 13.9. The van der Waals surface area contributed by atoms with Crippen molar-refractivity contribution >= 4 is 5.82 Å². The zero-order chi connectivity index (χ0) is 20.8. The number of hydrogen-bond acceptors (Lipinski definition) is 6. The molecule has 3 rings (SSSR count). The Bertz CT molecular complexity index is 794. The van der Waals surface area contributed by atoms with Crippen molar-refractivity contribution in [3.8, 4) is 0 Å². The molecule has 1 fully saturated rings. The summed E-state index contributed by atoms with van der Waals surface area (Å²) in [6.45, 7) is 10.5. The third kappa shape index (κ3) is 6.19. The lowest BCUT2D eigenvalue weighted by atomic mass is 10.2. The van der Waals surface area contributed by atoms with Gasteiger partial charge in [-0.3, -0.25) is 4.90 Å². The van der Waals surface area contributed by atoms with E-state index in [1.165, 1.54) is 6.07 Å². The van der Waals surface area contributed by atoms with E-state index >= 15 is 0 Å². The highest BCUT2D eigenvalue weighted by atomic mass is 19.1. The molecular formula is C22H31FN4O2. The molecule has 7 heteroatoms. The summed E-state index contributed by atoms with van der Waals surface area (Å²) in [5.74, 6) is 1.88. The van der Waals surface area contributed by atoms with Crippen LogP contribution >= 0.6 is 0 Å². The number of benzene rings is 1. The fourth-order valence-electron chi connectivity index (χ4n) is 3.43. The molecule has 1 aromatic carbocycles. The molecule has 0 bridgehead atoms.